The number of hydrogen-bond donors (Lipinski definition) is 0. The van der Waals surface area contributed by atoms with Crippen LogP contribution in [0.3, 0.4) is 0 Å². The van der Waals surface area contributed by atoms with Gasteiger partial charge < -0.3 is 0 Å². The van der Waals surface area contributed by atoms with Gasteiger partial charge in [0.05, 0.1) is 11.6 Å². The summed E-state index contributed by atoms with van der Waals surface area (Å²) in [6.07, 6.45) is 3.58. The van der Waals surface area contributed by atoms with Crippen LogP contribution < -0.4 is 0 Å². The second kappa shape index (κ2) is 6.06. The molecule has 2 rings (SSSR count). The molecule has 3 heteroatoms. The third-order valence-corrected chi connectivity index (χ3v) is 4.79. The van der Waals surface area contributed by atoms with E-state index in [1.165, 1.54) is 19.3 Å². The lowest BCUT2D eigenvalue weighted by molar-refractivity contribution is 0.0813. The van der Waals surface area contributed by atoms with Crippen LogP contribution >= 0.6 is 11.6 Å². The Morgan fingerprint density at radius 1 is 1.32 bits per heavy atom. The van der Waals surface area contributed by atoms with Crippen LogP contribution in [-0.2, 0) is 0 Å². The first kappa shape index (κ1) is 14.5. The van der Waals surface area contributed by atoms with E-state index in [0.29, 0.717) is 22.5 Å². The number of likely N-dealkylation sites (tertiary alicyclic amines) is 1. The van der Waals surface area contributed by atoms with Gasteiger partial charge in [-0.3, -0.25) is 9.69 Å². The summed E-state index contributed by atoms with van der Waals surface area (Å²) in [4.78, 5) is 14.5. The summed E-state index contributed by atoms with van der Waals surface area (Å²) < 4.78 is 0. The lowest BCUT2D eigenvalue weighted by Gasteiger charge is -2.38. The molecule has 0 aromatic heterocycles. The Kier molecular flexibility index (Phi) is 4.64. The quantitative estimate of drug-likeness (QED) is 0.776. The molecular weight excluding hydrogens is 258 g/mol. The van der Waals surface area contributed by atoms with Crippen molar-refractivity contribution in [3.63, 3.8) is 0 Å². The van der Waals surface area contributed by atoms with E-state index < -0.39 is 0 Å². The van der Waals surface area contributed by atoms with E-state index in [1.54, 1.807) is 6.07 Å². The maximum absolute atomic E-state index is 12.2. The highest BCUT2D eigenvalue weighted by atomic mass is 35.5. The van der Waals surface area contributed by atoms with E-state index in [-0.39, 0.29) is 5.78 Å². The molecule has 1 aliphatic rings. The van der Waals surface area contributed by atoms with Crippen molar-refractivity contribution in [2.24, 2.45) is 5.41 Å². The summed E-state index contributed by atoms with van der Waals surface area (Å²) in [6.45, 7) is 7.12. The summed E-state index contributed by atoms with van der Waals surface area (Å²) in [5, 5.41) is 0.558. The van der Waals surface area contributed by atoms with Crippen molar-refractivity contribution in [3.05, 3.63) is 34.9 Å². The second-order valence-corrected chi connectivity index (χ2v) is 6.25. The number of benzene rings is 1. The topological polar surface area (TPSA) is 20.3 Å². The SMILES string of the molecule is CCC1(C)CCN(CC(=O)c2ccccc2Cl)CC1. The van der Waals surface area contributed by atoms with Crippen molar-refractivity contribution in [3.8, 4) is 0 Å². The molecule has 0 spiro atoms. The summed E-state index contributed by atoms with van der Waals surface area (Å²) in [5.41, 5.74) is 1.11. The smallest absolute Gasteiger partial charge is 0.178 e. The first-order valence-corrected chi connectivity index (χ1v) is 7.42. The van der Waals surface area contributed by atoms with E-state index in [2.05, 4.69) is 18.7 Å². The molecule has 2 nitrogen and oxygen atoms in total. The molecule has 0 radical (unpaired) electrons. The number of nitrogens with zero attached hydrogens (tertiary/aromatic N) is 1. The van der Waals surface area contributed by atoms with Gasteiger partial charge in [0.1, 0.15) is 0 Å². The van der Waals surface area contributed by atoms with Crippen molar-refractivity contribution in [1.29, 1.82) is 0 Å². The number of rotatable bonds is 4. The van der Waals surface area contributed by atoms with Crippen LogP contribution in [0, 0.1) is 5.41 Å². The van der Waals surface area contributed by atoms with Crippen molar-refractivity contribution < 1.29 is 4.79 Å². The molecule has 0 aliphatic carbocycles. The molecule has 0 saturated carbocycles. The lowest BCUT2D eigenvalue weighted by Crippen LogP contribution is -2.41. The average Bonchev–Trinajstić information content (AvgIpc) is 2.42. The van der Waals surface area contributed by atoms with Gasteiger partial charge in [-0.15, -0.1) is 0 Å². The fourth-order valence-corrected chi connectivity index (χ4v) is 2.82. The Labute approximate surface area is 120 Å². The van der Waals surface area contributed by atoms with Gasteiger partial charge in [0.2, 0.25) is 0 Å². The zero-order valence-electron chi connectivity index (χ0n) is 11.8. The predicted molar refractivity (Wildman–Crippen MR) is 79.9 cm³/mol. The number of halogens is 1. The van der Waals surface area contributed by atoms with Gasteiger partial charge in [0.15, 0.2) is 5.78 Å². The maximum Gasteiger partial charge on any atom is 0.178 e. The summed E-state index contributed by atoms with van der Waals surface area (Å²) in [7, 11) is 0. The fraction of sp³-hybridized carbons (Fsp3) is 0.562. The fourth-order valence-electron chi connectivity index (χ4n) is 2.58. The Morgan fingerprint density at radius 3 is 2.53 bits per heavy atom. The van der Waals surface area contributed by atoms with E-state index in [4.69, 9.17) is 11.6 Å². The average molecular weight is 280 g/mol. The van der Waals surface area contributed by atoms with Crippen LogP contribution in [-0.4, -0.2) is 30.3 Å². The molecule has 1 aliphatic heterocycles. The molecule has 0 N–H and O–H groups in total. The van der Waals surface area contributed by atoms with Gasteiger partial charge in [0.25, 0.3) is 0 Å². The first-order valence-electron chi connectivity index (χ1n) is 7.04. The van der Waals surface area contributed by atoms with Crippen LogP contribution in [0.5, 0.6) is 0 Å². The molecule has 1 aromatic carbocycles. The van der Waals surface area contributed by atoms with Crippen LogP contribution in [0.1, 0.15) is 43.5 Å². The molecule has 0 amide bonds. The van der Waals surface area contributed by atoms with Crippen molar-refractivity contribution in [2.75, 3.05) is 19.6 Å². The molecule has 0 atom stereocenters. The zero-order valence-corrected chi connectivity index (χ0v) is 12.5. The largest absolute Gasteiger partial charge is 0.296 e. The van der Waals surface area contributed by atoms with Gasteiger partial charge in [-0.2, -0.15) is 0 Å². The van der Waals surface area contributed by atoms with Crippen LogP contribution in [0.4, 0.5) is 0 Å². The van der Waals surface area contributed by atoms with Gasteiger partial charge in [-0.25, -0.2) is 0 Å². The molecule has 0 bridgehead atoms. The van der Waals surface area contributed by atoms with Crippen molar-refractivity contribution in [1.82, 2.24) is 4.90 Å². The number of piperidine rings is 1. The van der Waals surface area contributed by atoms with E-state index in [1.807, 2.05) is 18.2 Å². The van der Waals surface area contributed by atoms with Gasteiger partial charge >= 0.3 is 0 Å². The summed E-state index contributed by atoms with van der Waals surface area (Å²) in [6, 6.07) is 7.31. The minimum Gasteiger partial charge on any atom is -0.296 e. The Balaban J connectivity index is 1.93. The highest BCUT2D eigenvalue weighted by Crippen LogP contribution is 2.33. The minimum absolute atomic E-state index is 0.130. The highest BCUT2D eigenvalue weighted by molar-refractivity contribution is 6.34. The standard InChI is InChI=1S/C16H22ClNO/c1-3-16(2)8-10-18(11-9-16)12-15(19)13-6-4-5-7-14(13)17/h4-7H,3,8-12H2,1-2H3. The highest BCUT2D eigenvalue weighted by Gasteiger charge is 2.29. The maximum atomic E-state index is 12.2. The van der Waals surface area contributed by atoms with E-state index in [0.717, 1.165) is 13.1 Å². The lowest BCUT2D eigenvalue weighted by atomic mass is 9.78. The normalized spacial score (nSPS) is 19.3. The second-order valence-electron chi connectivity index (χ2n) is 5.84. The van der Waals surface area contributed by atoms with E-state index >= 15 is 0 Å². The molecule has 1 fully saturated rings. The first-order chi connectivity index (χ1) is 9.04. The van der Waals surface area contributed by atoms with Crippen molar-refractivity contribution >= 4 is 17.4 Å². The monoisotopic (exact) mass is 279 g/mol. The Bertz CT molecular complexity index is 450. The number of ketones is 1. The van der Waals surface area contributed by atoms with Crippen LogP contribution in [0.25, 0.3) is 0 Å². The Morgan fingerprint density at radius 2 is 1.95 bits per heavy atom. The number of Topliss-reactive ketones (excluding diaryl/α,β-unsaturated/α-hetero) is 1. The Hall–Kier alpha value is -0.860. The van der Waals surface area contributed by atoms with Crippen LogP contribution in [0.15, 0.2) is 24.3 Å². The molecule has 1 saturated heterocycles. The van der Waals surface area contributed by atoms with Crippen molar-refractivity contribution in [2.45, 2.75) is 33.1 Å². The molecule has 0 unspecified atom stereocenters. The van der Waals surface area contributed by atoms with Gasteiger partial charge in [-0.1, -0.05) is 44.0 Å². The van der Waals surface area contributed by atoms with Gasteiger partial charge in [-0.05, 0) is 43.5 Å². The molecular formula is C16H22ClNO. The van der Waals surface area contributed by atoms with Crippen LogP contribution in [0.2, 0.25) is 5.02 Å². The summed E-state index contributed by atoms with van der Waals surface area (Å²) in [5.74, 6) is 0.130. The number of hydrogen-bond acceptors (Lipinski definition) is 2. The molecule has 104 valence electrons. The third-order valence-electron chi connectivity index (χ3n) is 4.46. The molecule has 1 aromatic rings. The molecule has 1 heterocycles. The third kappa shape index (κ3) is 3.58. The predicted octanol–water partition coefficient (Wildman–Crippen LogP) is 4.03. The van der Waals surface area contributed by atoms with Gasteiger partial charge in [0, 0.05) is 5.56 Å². The summed E-state index contributed by atoms with van der Waals surface area (Å²) >= 11 is 6.07. The minimum atomic E-state index is 0.130. The number of carbonyl (C=O) groups is 1. The van der Waals surface area contributed by atoms with E-state index in [9.17, 15) is 4.79 Å². The molecule has 19 heavy (non-hydrogen) atoms. The zero-order chi connectivity index (χ0) is 13.9. The number of carbonyl (C=O) groups excluding carboxylic acids is 1.